The highest BCUT2D eigenvalue weighted by Crippen LogP contribution is 2.31. The Labute approximate surface area is 173 Å². The van der Waals surface area contributed by atoms with Crippen LogP contribution in [-0.2, 0) is 16.4 Å². The fourth-order valence-corrected chi connectivity index (χ4v) is 4.31. The van der Waals surface area contributed by atoms with Crippen LogP contribution in [0.25, 0.3) is 22.2 Å². The van der Waals surface area contributed by atoms with Gasteiger partial charge in [-0.15, -0.1) is 0 Å². The number of nitrogens with zero attached hydrogens (tertiary/aromatic N) is 4. The summed E-state index contributed by atoms with van der Waals surface area (Å²) < 4.78 is 32.0. The summed E-state index contributed by atoms with van der Waals surface area (Å²) in [5, 5.41) is 0. The van der Waals surface area contributed by atoms with Crippen LogP contribution in [0.1, 0.15) is 11.5 Å². The molecule has 30 heavy (non-hydrogen) atoms. The third-order valence-corrected chi connectivity index (χ3v) is 6.85. The molecule has 0 saturated carbocycles. The molecule has 1 aliphatic heterocycles. The number of sulfonamides is 1. The van der Waals surface area contributed by atoms with Crippen LogP contribution in [0.3, 0.4) is 0 Å². The summed E-state index contributed by atoms with van der Waals surface area (Å²) in [6.07, 6.45) is 3.66. The van der Waals surface area contributed by atoms with Crippen molar-refractivity contribution >= 4 is 32.5 Å². The zero-order chi connectivity index (χ0) is 20.9. The number of rotatable bonds is 4. The predicted molar refractivity (Wildman–Crippen MR) is 114 cm³/mol. The number of fused-ring (bicyclic) bond motifs is 2. The molecule has 4 aromatic rings. The molecule has 0 saturated heterocycles. The second-order valence-corrected chi connectivity index (χ2v) is 9.41. The molecule has 0 fully saturated rings. The molecule has 0 unspecified atom stereocenters. The second-order valence-electron chi connectivity index (χ2n) is 7.26. The Balaban J connectivity index is 1.52. The van der Waals surface area contributed by atoms with Gasteiger partial charge >= 0.3 is 0 Å². The van der Waals surface area contributed by atoms with Crippen molar-refractivity contribution in [3.8, 4) is 11.1 Å². The topological polar surface area (TPSA) is 88.7 Å². The fourth-order valence-electron chi connectivity index (χ4n) is 3.41. The summed E-state index contributed by atoms with van der Waals surface area (Å²) in [7, 11) is -0.575. The Hall–Kier alpha value is -3.36. The van der Waals surface area contributed by atoms with E-state index in [1.807, 2.05) is 42.5 Å². The summed E-state index contributed by atoms with van der Waals surface area (Å²) in [5.41, 5.74) is 5.71. The molecule has 8 heteroatoms. The van der Waals surface area contributed by atoms with Crippen molar-refractivity contribution < 1.29 is 12.8 Å². The van der Waals surface area contributed by atoms with Crippen LogP contribution in [0.5, 0.6) is 0 Å². The molecule has 0 radical (unpaired) electrons. The summed E-state index contributed by atoms with van der Waals surface area (Å²) in [6, 6.07) is 15.2. The van der Waals surface area contributed by atoms with Crippen LogP contribution >= 0.6 is 0 Å². The number of benzene rings is 2. The Morgan fingerprint density at radius 3 is 2.63 bits per heavy atom. The third kappa shape index (κ3) is 3.10. The van der Waals surface area contributed by atoms with Crippen molar-refractivity contribution in [3.63, 3.8) is 0 Å². The van der Waals surface area contributed by atoms with E-state index in [0.29, 0.717) is 23.5 Å². The van der Waals surface area contributed by atoms with Gasteiger partial charge in [0.2, 0.25) is 15.9 Å². The van der Waals surface area contributed by atoms with Gasteiger partial charge in [-0.05, 0) is 35.4 Å². The van der Waals surface area contributed by atoms with Crippen molar-refractivity contribution in [2.75, 3.05) is 14.1 Å². The lowest BCUT2D eigenvalue weighted by atomic mass is 10.1. The van der Waals surface area contributed by atoms with Crippen molar-refractivity contribution in [1.29, 1.82) is 0 Å². The molecule has 7 nitrogen and oxygen atoms in total. The number of oxazole rings is 1. The van der Waals surface area contributed by atoms with E-state index in [0.717, 1.165) is 28.0 Å². The van der Waals surface area contributed by atoms with Crippen LogP contribution in [0.4, 0.5) is 5.69 Å². The van der Waals surface area contributed by atoms with Gasteiger partial charge < -0.3 is 4.42 Å². The van der Waals surface area contributed by atoms with Gasteiger partial charge in [0.15, 0.2) is 5.58 Å². The normalized spacial score (nSPS) is 13.6. The van der Waals surface area contributed by atoms with Crippen molar-refractivity contribution in [2.24, 2.45) is 4.99 Å². The Kier molecular flexibility index (Phi) is 4.27. The number of hydrogen-bond acceptors (Lipinski definition) is 6. The van der Waals surface area contributed by atoms with Crippen LogP contribution in [0.2, 0.25) is 0 Å². The SMILES string of the molecule is CN(C)S(=O)(=O)c1cncc(-c2ccc3nc(C4=Nc5ccccc5C4)oc3c2)c1. The predicted octanol–water partition coefficient (Wildman–Crippen LogP) is 3.82. The highest BCUT2D eigenvalue weighted by Gasteiger charge is 2.21. The summed E-state index contributed by atoms with van der Waals surface area (Å²) in [5.74, 6) is 0.500. The minimum atomic E-state index is -3.56. The number of pyridine rings is 1. The van der Waals surface area contributed by atoms with E-state index in [-0.39, 0.29) is 4.90 Å². The first-order valence-corrected chi connectivity index (χ1v) is 10.8. The second kappa shape index (κ2) is 6.86. The van der Waals surface area contributed by atoms with Crippen molar-refractivity contribution in [1.82, 2.24) is 14.3 Å². The quantitative estimate of drug-likeness (QED) is 0.503. The minimum Gasteiger partial charge on any atom is -0.435 e. The highest BCUT2D eigenvalue weighted by molar-refractivity contribution is 7.89. The molecule has 1 aliphatic rings. The fraction of sp³-hybridized carbons (Fsp3) is 0.136. The van der Waals surface area contributed by atoms with Gasteiger partial charge in [-0.1, -0.05) is 24.3 Å². The molecule has 0 amide bonds. The van der Waals surface area contributed by atoms with Crippen molar-refractivity contribution in [3.05, 3.63) is 72.4 Å². The van der Waals surface area contributed by atoms with Crippen LogP contribution < -0.4 is 0 Å². The van der Waals surface area contributed by atoms with E-state index in [4.69, 9.17) is 4.42 Å². The van der Waals surface area contributed by atoms with Crippen LogP contribution in [0, 0.1) is 0 Å². The highest BCUT2D eigenvalue weighted by atomic mass is 32.2. The van der Waals surface area contributed by atoms with Gasteiger partial charge in [0.1, 0.15) is 16.1 Å². The average Bonchev–Trinajstić information content (AvgIpc) is 3.37. The molecule has 2 aromatic heterocycles. The van der Waals surface area contributed by atoms with Gasteiger partial charge in [0.05, 0.1) is 5.69 Å². The maximum Gasteiger partial charge on any atom is 0.244 e. The zero-order valence-corrected chi connectivity index (χ0v) is 17.2. The largest absolute Gasteiger partial charge is 0.435 e. The molecular formula is C22H18N4O3S. The first-order valence-electron chi connectivity index (χ1n) is 9.36. The van der Waals surface area contributed by atoms with E-state index in [9.17, 15) is 8.42 Å². The number of para-hydroxylation sites is 1. The van der Waals surface area contributed by atoms with E-state index in [1.165, 1.54) is 24.6 Å². The number of aliphatic imine (C=N–C) groups is 1. The average molecular weight is 418 g/mol. The van der Waals surface area contributed by atoms with E-state index >= 15 is 0 Å². The number of hydrogen-bond donors (Lipinski definition) is 0. The molecule has 0 aliphatic carbocycles. The lowest BCUT2D eigenvalue weighted by Crippen LogP contribution is -2.22. The molecule has 150 valence electrons. The molecule has 0 spiro atoms. The molecule has 2 aromatic carbocycles. The standard InChI is InChI=1S/C22H18N4O3S/c1-26(2)30(27,28)17-9-16(12-23-13-17)14-7-8-19-21(11-14)29-22(25-19)20-10-15-5-3-4-6-18(15)24-20/h3-9,11-13H,10H2,1-2H3. The Morgan fingerprint density at radius 2 is 1.83 bits per heavy atom. The molecule has 3 heterocycles. The van der Waals surface area contributed by atoms with E-state index < -0.39 is 10.0 Å². The minimum absolute atomic E-state index is 0.140. The van der Waals surface area contributed by atoms with Gasteiger partial charge in [0, 0.05) is 38.5 Å². The van der Waals surface area contributed by atoms with Gasteiger partial charge in [-0.2, -0.15) is 0 Å². The lowest BCUT2D eigenvalue weighted by Gasteiger charge is -2.11. The first kappa shape index (κ1) is 18.7. The van der Waals surface area contributed by atoms with E-state index in [2.05, 4.69) is 15.0 Å². The van der Waals surface area contributed by atoms with Gasteiger partial charge in [0.25, 0.3) is 0 Å². The molecule has 0 bridgehead atoms. The zero-order valence-electron chi connectivity index (χ0n) is 16.4. The van der Waals surface area contributed by atoms with Gasteiger partial charge in [-0.25, -0.2) is 22.7 Å². The van der Waals surface area contributed by atoms with Crippen molar-refractivity contribution in [2.45, 2.75) is 11.3 Å². The lowest BCUT2D eigenvalue weighted by molar-refractivity contribution is 0.520. The summed E-state index contributed by atoms with van der Waals surface area (Å²) in [6.45, 7) is 0. The Morgan fingerprint density at radius 1 is 1.00 bits per heavy atom. The van der Waals surface area contributed by atoms with Crippen LogP contribution in [0.15, 0.2) is 75.2 Å². The smallest absolute Gasteiger partial charge is 0.244 e. The summed E-state index contributed by atoms with van der Waals surface area (Å²) in [4.78, 5) is 13.5. The molecule has 0 N–H and O–H groups in total. The van der Waals surface area contributed by atoms with Crippen LogP contribution in [-0.4, -0.2) is 42.5 Å². The summed E-state index contributed by atoms with van der Waals surface area (Å²) >= 11 is 0. The monoisotopic (exact) mass is 418 g/mol. The first-order chi connectivity index (χ1) is 14.4. The Bertz CT molecular complexity index is 1420. The molecular weight excluding hydrogens is 400 g/mol. The molecule has 5 rings (SSSR count). The maximum absolute atomic E-state index is 12.4. The van der Waals surface area contributed by atoms with E-state index in [1.54, 1.807) is 12.3 Å². The maximum atomic E-state index is 12.4. The molecule has 0 atom stereocenters. The number of aromatic nitrogens is 2. The third-order valence-electron chi connectivity index (χ3n) is 5.07. The van der Waals surface area contributed by atoms with Gasteiger partial charge in [-0.3, -0.25) is 4.98 Å².